The van der Waals surface area contributed by atoms with E-state index >= 15 is 0 Å². The van der Waals surface area contributed by atoms with Crippen molar-refractivity contribution in [3.8, 4) is 5.75 Å². The van der Waals surface area contributed by atoms with Crippen molar-refractivity contribution in [2.24, 2.45) is 5.73 Å². The molecule has 0 fully saturated rings. The summed E-state index contributed by atoms with van der Waals surface area (Å²) in [6.45, 7) is 3.39. The Morgan fingerprint density at radius 3 is 2.76 bits per heavy atom. The van der Waals surface area contributed by atoms with Crippen molar-refractivity contribution in [3.05, 3.63) is 33.9 Å². The van der Waals surface area contributed by atoms with Gasteiger partial charge in [-0.1, -0.05) is 6.07 Å². The maximum Gasteiger partial charge on any atom is 0.310 e. The van der Waals surface area contributed by atoms with Gasteiger partial charge in [0.1, 0.15) is 6.61 Å². The van der Waals surface area contributed by atoms with Gasteiger partial charge in [0.2, 0.25) is 0 Å². The van der Waals surface area contributed by atoms with E-state index < -0.39 is 4.92 Å². The molecule has 0 amide bonds. The molecule has 0 saturated heterocycles. The molecule has 17 heavy (non-hydrogen) atoms. The summed E-state index contributed by atoms with van der Waals surface area (Å²) in [6.07, 6.45) is 0. The Morgan fingerprint density at radius 1 is 1.35 bits per heavy atom. The molecule has 0 aromatic heterocycles. The van der Waals surface area contributed by atoms with Crippen molar-refractivity contribution >= 4 is 5.69 Å². The molecule has 0 aliphatic rings. The lowest BCUT2D eigenvalue weighted by molar-refractivity contribution is -0.385. The average Bonchev–Trinajstić information content (AvgIpc) is 2.28. The van der Waals surface area contributed by atoms with Crippen molar-refractivity contribution in [3.63, 3.8) is 0 Å². The third-order valence-corrected chi connectivity index (χ3v) is 2.06. The first-order chi connectivity index (χ1) is 8.15. The second-order valence-electron chi connectivity index (χ2n) is 3.48. The second kappa shape index (κ2) is 6.82. The van der Waals surface area contributed by atoms with Crippen LogP contribution in [0.15, 0.2) is 18.2 Å². The molecule has 1 aromatic rings. The van der Waals surface area contributed by atoms with Crippen LogP contribution in [0.5, 0.6) is 5.75 Å². The Kier molecular flexibility index (Phi) is 5.38. The van der Waals surface area contributed by atoms with Gasteiger partial charge in [-0.15, -0.1) is 0 Å². The molecule has 6 nitrogen and oxygen atoms in total. The number of nitro groups is 1. The van der Waals surface area contributed by atoms with Crippen LogP contribution in [0.4, 0.5) is 5.69 Å². The fourth-order valence-corrected chi connectivity index (χ4v) is 1.28. The van der Waals surface area contributed by atoms with E-state index in [4.69, 9.17) is 15.2 Å². The molecule has 0 radical (unpaired) electrons. The number of nitro benzene ring substituents is 1. The first kappa shape index (κ1) is 13.4. The number of rotatable bonds is 7. The maximum atomic E-state index is 10.7. The highest BCUT2D eigenvalue weighted by Crippen LogP contribution is 2.27. The van der Waals surface area contributed by atoms with E-state index in [0.29, 0.717) is 19.8 Å². The van der Waals surface area contributed by atoms with E-state index in [1.165, 1.54) is 6.07 Å². The number of ether oxygens (including phenoxy) is 2. The summed E-state index contributed by atoms with van der Waals surface area (Å²) >= 11 is 0. The zero-order chi connectivity index (χ0) is 12.7. The first-order valence-corrected chi connectivity index (χ1v) is 5.31. The molecule has 0 atom stereocenters. The lowest BCUT2D eigenvalue weighted by atomic mass is 10.2. The van der Waals surface area contributed by atoms with Gasteiger partial charge >= 0.3 is 5.69 Å². The molecular weight excluding hydrogens is 224 g/mol. The molecule has 1 aromatic carbocycles. The molecule has 0 heterocycles. The highest BCUT2D eigenvalue weighted by molar-refractivity contribution is 5.48. The van der Waals surface area contributed by atoms with Crippen LogP contribution in [0.25, 0.3) is 0 Å². The third-order valence-electron chi connectivity index (χ3n) is 2.06. The minimum absolute atomic E-state index is 0.0329. The lowest BCUT2D eigenvalue weighted by Gasteiger charge is -2.07. The highest BCUT2D eigenvalue weighted by Gasteiger charge is 2.14. The Balaban J connectivity index is 2.56. The van der Waals surface area contributed by atoms with E-state index in [9.17, 15) is 10.1 Å². The van der Waals surface area contributed by atoms with Gasteiger partial charge in [-0.2, -0.15) is 0 Å². The molecular formula is C11H16N2O4. The van der Waals surface area contributed by atoms with Gasteiger partial charge in [0.25, 0.3) is 0 Å². The highest BCUT2D eigenvalue weighted by atomic mass is 16.6. The molecule has 0 unspecified atom stereocenters. The standard InChI is InChI=1S/C11H16N2O4/c1-9-2-3-10(13(14)15)11(8-9)17-7-6-16-5-4-12/h2-3,8H,4-7,12H2,1H3. The topological polar surface area (TPSA) is 87.6 Å². The number of aryl methyl sites for hydroxylation is 1. The zero-order valence-corrected chi connectivity index (χ0v) is 9.72. The molecule has 94 valence electrons. The Labute approximate surface area is 99.5 Å². The largest absolute Gasteiger partial charge is 0.484 e. The SMILES string of the molecule is Cc1ccc([N+](=O)[O-])c(OCCOCCN)c1. The van der Waals surface area contributed by atoms with Gasteiger partial charge in [0.05, 0.1) is 18.1 Å². The fraction of sp³-hybridized carbons (Fsp3) is 0.455. The number of hydrogen-bond acceptors (Lipinski definition) is 5. The van der Waals surface area contributed by atoms with Gasteiger partial charge in [-0.25, -0.2) is 0 Å². The fourth-order valence-electron chi connectivity index (χ4n) is 1.28. The van der Waals surface area contributed by atoms with Crippen molar-refractivity contribution < 1.29 is 14.4 Å². The van der Waals surface area contributed by atoms with Crippen LogP contribution in [0.2, 0.25) is 0 Å². The molecule has 2 N–H and O–H groups in total. The smallest absolute Gasteiger partial charge is 0.310 e. The van der Waals surface area contributed by atoms with Crippen LogP contribution in [0.3, 0.4) is 0 Å². The summed E-state index contributed by atoms with van der Waals surface area (Å²) in [7, 11) is 0. The van der Waals surface area contributed by atoms with Gasteiger partial charge in [0.15, 0.2) is 5.75 Å². The normalized spacial score (nSPS) is 10.2. The number of nitrogens with zero attached hydrogens (tertiary/aromatic N) is 1. The van der Waals surface area contributed by atoms with Crippen LogP contribution in [-0.4, -0.2) is 31.3 Å². The number of hydrogen-bond donors (Lipinski definition) is 1. The van der Waals surface area contributed by atoms with Gasteiger partial charge in [-0.3, -0.25) is 10.1 Å². The minimum atomic E-state index is -0.463. The van der Waals surface area contributed by atoms with Crippen molar-refractivity contribution in [1.29, 1.82) is 0 Å². The summed E-state index contributed by atoms with van der Waals surface area (Å²) < 4.78 is 10.4. The van der Waals surface area contributed by atoms with Gasteiger partial charge in [0, 0.05) is 12.6 Å². The van der Waals surface area contributed by atoms with Gasteiger partial charge < -0.3 is 15.2 Å². The molecule has 0 aliphatic heterocycles. The Morgan fingerprint density at radius 2 is 2.12 bits per heavy atom. The van der Waals surface area contributed by atoms with E-state index in [1.54, 1.807) is 12.1 Å². The van der Waals surface area contributed by atoms with Crippen molar-refractivity contribution in [2.75, 3.05) is 26.4 Å². The predicted octanol–water partition coefficient (Wildman–Crippen LogP) is 1.26. The molecule has 0 aliphatic carbocycles. The van der Waals surface area contributed by atoms with E-state index in [0.717, 1.165) is 5.56 Å². The van der Waals surface area contributed by atoms with Crippen LogP contribution in [0, 0.1) is 17.0 Å². The van der Waals surface area contributed by atoms with Crippen LogP contribution >= 0.6 is 0 Å². The van der Waals surface area contributed by atoms with Crippen LogP contribution in [0.1, 0.15) is 5.56 Å². The Bertz CT molecular complexity index is 382. The van der Waals surface area contributed by atoms with E-state index in [2.05, 4.69) is 0 Å². The third kappa shape index (κ3) is 4.38. The van der Waals surface area contributed by atoms with Gasteiger partial charge in [-0.05, 0) is 18.6 Å². The summed E-state index contributed by atoms with van der Waals surface area (Å²) in [5.41, 5.74) is 6.13. The molecule has 6 heteroatoms. The van der Waals surface area contributed by atoms with E-state index in [-0.39, 0.29) is 18.0 Å². The lowest BCUT2D eigenvalue weighted by Crippen LogP contribution is -2.13. The van der Waals surface area contributed by atoms with Crippen LogP contribution < -0.4 is 10.5 Å². The monoisotopic (exact) mass is 240 g/mol. The van der Waals surface area contributed by atoms with Crippen LogP contribution in [-0.2, 0) is 4.74 Å². The van der Waals surface area contributed by atoms with Crippen molar-refractivity contribution in [2.45, 2.75) is 6.92 Å². The number of benzene rings is 1. The molecule has 1 rings (SSSR count). The van der Waals surface area contributed by atoms with E-state index in [1.807, 2.05) is 6.92 Å². The van der Waals surface area contributed by atoms with Crippen molar-refractivity contribution in [1.82, 2.24) is 0 Å². The summed E-state index contributed by atoms with van der Waals surface area (Å²) in [4.78, 5) is 10.3. The zero-order valence-electron chi connectivity index (χ0n) is 9.72. The average molecular weight is 240 g/mol. The quantitative estimate of drug-likeness (QED) is 0.440. The summed E-state index contributed by atoms with van der Waals surface area (Å²) in [5.74, 6) is 0.270. The molecule has 0 bridgehead atoms. The Hall–Kier alpha value is -1.66. The molecule has 0 spiro atoms. The predicted molar refractivity (Wildman–Crippen MR) is 63.2 cm³/mol. The summed E-state index contributed by atoms with van der Waals surface area (Å²) in [5, 5.41) is 10.7. The summed E-state index contributed by atoms with van der Waals surface area (Å²) in [6, 6.07) is 4.75. The maximum absolute atomic E-state index is 10.7. The number of nitrogens with two attached hydrogens (primary N) is 1. The minimum Gasteiger partial charge on any atom is -0.484 e. The molecule has 0 saturated carbocycles. The second-order valence-corrected chi connectivity index (χ2v) is 3.48. The first-order valence-electron chi connectivity index (χ1n) is 5.31.